The predicted octanol–water partition coefficient (Wildman–Crippen LogP) is 7.13. The summed E-state index contributed by atoms with van der Waals surface area (Å²) in [7, 11) is 3.21. The third-order valence-electron chi connectivity index (χ3n) is 6.45. The number of aryl methyl sites for hydroxylation is 2. The monoisotopic (exact) mass is 608 g/mol. The highest BCUT2D eigenvalue weighted by Gasteiger charge is 2.12. The average molecular weight is 609 g/mol. The number of Topliss-reactive ketones (excluding diaryl/α,β-unsaturated/α-hetero) is 2. The molecule has 0 bridgehead atoms. The van der Waals surface area contributed by atoms with E-state index in [9.17, 15) is 19.2 Å². The van der Waals surface area contributed by atoms with Gasteiger partial charge in [0, 0.05) is 61.6 Å². The normalized spacial score (nSPS) is 9.36. The van der Waals surface area contributed by atoms with Crippen LogP contribution in [0, 0.1) is 0 Å². The van der Waals surface area contributed by atoms with E-state index in [1.807, 2.05) is 44.2 Å². The van der Waals surface area contributed by atoms with Crippen molar-refractivity contribution in [2.75, 3.05) is 14.1 Å². The lowest BCUT2D eigenvalue weighted by Crippen LogP contribution is -2.18. The van der Waals surface area contributed by atoms with Gasteiger partial charge in [-0.2, -0.15) is 0 Å². The smallest absolute Gasteiger partial charge is 0.220 e. The summed E-state index contributed by atoms with van der Waals surface area (Å²) in [6, 6.07) is 11.2. The van der Waals surface area contributed by atoms with Crippen molar-refractivity contribution < 1.29 is 19.2 Å². The number of amides is 2. The Hall–Kier alpha value is -4.66. The van der Waals surface area contributed by atoms with Gasteiger partial charge in [0.2, 0.25) is 11.8 Å². The molecule has 44 heavy (non-hydrogen) atoms. The molecule has 240 valence electrons. The van der Waals surface area contributed by atoms with Crippen molar-refractivity contribution in [1.29, 1.82) is 0 Å². The summed E-state index contributed by atoms with van der Waals surface area (Å²) in [5, 5.41) is 12.3. The Morgan fingerprint density at radius 2 is 1.23 bits per heavy atom. The third kappa shape index (κ3) is 15.5. The van der Waals surface area contributed by atoms with E-state index < -0.39 is 0 Å². The molecule has 2 aromatic carbocycles. The molecule has 2 rings (SSSR count). The lowest BCUT2D eigenvalue weighted by atomic mass is 9.97. The number of nitrogens with one attached hydrogen (secondary N) is 2. The lowest BCUT2D eigenvalue weighted by molar-refractivity contribution is -0.121. The minimum atomic E-state index is -0.0299. The highest BCUT2D eigenvalue weighted by Crippen LogP contribution is 2.18. The molecule has 0 saturated carbocycles. The van der Waals surface area contributed by atoms with Crippen molar-refractivity contribution in [3.8, 4) is 0 Å². The zero-order valence-corrected chi connectivity index (χ0v) is 24.9. The molecule has 0 atom stereocenters. The Morgan fingerprint density at radius 3 is 1.70 bits per heavy atom. The van der Waals surface area contributed by atoms with E-state index in [1.54, 1.807) is 20.2 Å². The van der Waals surface area contributed by atoms with E-state index >= 15 is 0 Å². The highest BCUT2D eigenvalue weighted by atomic mass is 16.2. The van der Waals surface area contributed by atoms with Crippen LogP contribution < -0.4 is 10.6 Å². The fraction of sp³-hybridized carbons (Fsp3) is 0.500. The average Bonchev–Trinajstić information content (AvgIpc) is 3.01. The Kier molecular flexibility index (Phi) is 22.5. The van der Waals surface area contributed by atoms with Crippen molar-refractivity contribution in [2.45, 2.75) is 93.2 Å². The maximum absolute atomic E-state index is 12.1. The van der Waals surface area contributed by atoms with Crippen molar-refractivity contribution >= 4 is 23.4 Å². The van der Waals surface area contributed by atoms with Gasteiger partial charge in [0.1, 0.15) is 5.78 Å². The van der Waals surface area contributed by atoms with Gasteiger partial charge in [0.05, 0.1) is 13.1 Å². The van der Waals surface area contributed by atoms with Gasteiger partial charge in [0.15, 0.2) is 5.78 Å². The standard InChI is InChI=1S/2C15H20N4O2.2CH4/c1-3-14(20)9-12-6-4-11(5-7-15(21)17-2)8-13(12)10-18-19-16;1-3-4-14(20)13-7-5-11(6-8-15(21)17-2)9-12(13)10-18-19-16;;/h4,6,8H,3,5,7,9-10H2,1-2H3,(H,17,21);5,7,9H,3-4,6,8,10H2,1-2H3,(H,17,21);2*1H4. The van der Waals surface area contributed by atoms with Crippen LogP contribution in [0.15, 0.2) is 46.6 Å². The molecular weight excluding hydrogens is 560 g/mol. The van der Waals surface area contributed by atoms with Crippen LogP contribution in [0.25, 0.3) is 20.9 Å². The SMILES string of the molecule is C.C.CCC(=O)Cc1ccc(CCC(=O)NC)cc1CN=[N+]=[N-].CCCC(=O)c1ccc(CCC(=O)NC)cc1CN=[N+]=[N-]. The first-order chi connectivity index (χ1) is 20.2. The minimum absolute atomic E-state index is 0. The van der Waals surface area contributed by atoms with Crippen LogP contribution in [0.3, 0.4) is 0 Å². The number of ketones is 2. The molecule has 0 aromatic heterocycles. The fourth-order valence-corrected chi connectivity index (χ4v) is 4.04. The van der Waals surface area contributed by atoms with Gasteiger partial charge in [-0.25, -0.2) is 0 Å². The van der Waals surface area contributed by atoms with Gasteiger partial charge < -0.3 is 10.6 Å². The predicted molar refractivity (Wildman–Crippen MR) is 175 cm³/mol. The van der Waals surface area contributed by atoms with Gasteiger partial charge in [0.25, 0.3) is 0 Å². The van der Waals surface area contributed by atoms with E-state index in [0.717, 1.165) is 34.2 Å². The van der Waals surface area contributed by atoms with Crippen LogP contribution in [0.2, 0.25) is 0 Å². The molecule has 0 heterocycles. The van der Waals surface area contributed by atoms with Gasteiger partial charge in [-0.15, -0.1) is 0 Å². The number of carbonyl (C=O) groups is 4. The first-order valence-corrected chi connectivity index (χ1v) is 13.9. The summed E-state index contributed by atoms with van der Waals surface area (Å²) in [4.78, 5) is 51.7. The van der Waals surface area contributed by atoms with Crippen LogP contribution in [0.5, 0.6) is 0 Å². The molecule has 12 heteroatoms. The fourth-order valence-electron chi connectivity index (χ4n) is 4.04. The van der Waals surface area contributed by atoms with Crippen LogP contribution in [0.1, 0.15) is 99.0 Å². The van der Waals surface area contributed by atoms with Crippen LogP contribution >= 0.6 is 0 Å². The topological polar surface area (TPSA) is 190 Å². The number of azide groups is 2. The molecule has 12 nitrogen and oxygen atoms in total. The van der Waals surface area contributed by atoms with Crippen LogP contribution in [-0.2, 0) is 46.7 Å². The van der Waals surface area contributed by atoms with Crippen molar-refractivity contribution in [3.63, 3.8) is 0 Å². The Morgan fingerprint density at radius 1 is 0.727 bits per heavy atom. The summed E-state index contributed by atoms with van der Waals surface area (Å²) in [6.45, 7) is 4.14. The molecule has 2 aromatic rings. The number of rotatable bonds is 16. The summed E-state index contributed by atoms with van der Waals surface area (Å²) in [5.41, 5.74) is 21.9. The quantitative estimate of drug-likeness (QED) is 0.0887. The molecule has 0 aliphatic heterocycles. The van der Waals surface area contributed by atoms with Gasteiger partial charge >= 0.3 is 0 Å². The second-order valence-corrected chi connectivity index (χ2v) is 9.46. The van der Waals surface area contributed by atoms with Crippen molar-refractivity contribution in [1.82, 2.24) is 10.6 Å². The summed E-state index contributed by atoms with van der Waals surface area (Å²) >= 11 is 0. The van der Waals surface area contributed by atoms with E-state index in [1.165, 1.54) is 0 Å². The molecule has 0 aliphatic rings. The van der Waals surface area contributed by atoms with E-state index in [-0.39, 0.29) is 51.3 Å². The summed E-state index contributed by atoms with van der Waals surface area (Å²) < 4.78 is 0. The molecule has 2 amide bonds. The van der Waals surface area contributed by atoms with E-state index in [0.29, 0.717) is 50.5 Å². The molecule has 0 radical (unpaired) electrons. The number of benzene rings is 2. The maximum atomic E-state index is 12.1. The molecule has 0 spiro atoms. The molecule has 0 unspecified atom stereocenters. The molecular formula is C32H48N8O4. The van der Waals surface area contributed by atoms with E-state index in [4.69, 9.17) is 11.1 Å². The van der Waals surface area contributed by atoms with Gasteiger partial charge in [-0.3, -0.25) is 19.2 Å². The van der Waals surface area contributed by atoms with Gasteiger partial charge in [-0.05, 0) is 58.1 Å². The molecule has 0 fully saturated rings. The summed E-state index contributed by atoms with van der Waals surface area (Å²) in [6.07, 6.45) is 4.08. The zero-order valence-electron chi connectivity index (χ0n) is 24.9. The molecule has 0 saturated heterocycles. The highest BCUT2D eigenvalue weighted by molar-refractivity contribution is 5.97. The largest absolute Gasteiger partial charge is 0.359 e. The third-order valence-corrected chi connectivity index (χ3v) is 6.45. The van der Waals surface area contributed by atoms with E-state index in [2.05, 4.69) is 30.7 Å². The molecule has 2 N–H and O–H groups in total. The first kappa shape index (κ1) is 41.5. The second kappa shape index (κ2) is 23.9. The Bertz CT molecular complexity index is 1330. The zero-order chi connectivity index (χ0) is 31.3. The van der Waals surface area contributed by atoms with Gasteiger partial charge in [-0.1, -0.05) is 75.3 Å². The number of hydrogen-bond acceptors (Lipinski definition) is 6. The van der Waals surface area contributed by atoms with Crippen molar-refractivity contribution in [3.05, 3.63) is 90.7 Å². The molecule has 0 aliphatic carbocycles. The lowest BCUT2D eigenvalue weighted by Gasteiger charge is -2.09. The Labute approximate surface area is 261 Å². The maximum Gasteiger partial charge on any atom is 0.220 e. The van der Waals surface area contributed by atoms with Crippen molar-refractivity contribution in [2.24, 2.45) is 10.2 Å². The minimum Gasteiger partial charge on any atom is -0.359 e. The van der Waals surface area contributed by atoms with Crippen LogP contribution in [-0.4, -0.2) is 37.5 Å². The Balaban J connectivity index is 0. The first-order valence-electron chi connectivity index (χ1n) is 13.9. The number of nitrogens with zero attached hydrogens (tertiary/aromatic N) is 6. The van der Waals surface area contributed by atoms with Crippen LogP contribution in [0.4, 0.5) is 0 Å². The number of hydrogen-bond donors (Lipinski definition) is 2. The summed E-state index contributed by atoms with van der Waals surface area (Å²) in [5.74, 6) is 0.156. The number of carbonyl (C=O) groups excluding carboxylic acids is 4. The second-order valence-electron chi connectivity index (χ2n) is 9.46.